The van der Waals surface area contributed by atoms with Gasteiger partial charge in [-0.2, -0.15) is 0 Å². The molecule has 4 heteroatoms. The van der Waals surface area contributed by atoms with Crippen LogP contribution in [-0.4, -0.2) is 5.11 Å². The highest BCUT2D eigenvalue weighted by atomic mass is 35.5. The van der Waals surface area contributed by atoms with Crippen LogP contribution >= 0.6 is 11.6 Å². The molecule has 2 nitrogen and oxygen atoms in total. The zero-order chi connectivity index (χ0) is 14.1. The summed E-state index contributed by atoms with van der Waals surface area (Å²) in [6, 6.07) is 10.3. The molecular weight excluding hydrogens is 277 g/mol. The fourth-order valence-corrected chi connectivity index (χ4v) is 2.86. The lowest BCUT2D eigenvalue weighted by Gasteiger charge is -2.27. The summed E-state index contributed by atoms with van der Waals surface area (Å²) < 4.78 is 13.5. The van der Waals surface area contributed by atoms with Gasteiger partial charge in [-0.05, 0) is 60.7 Å². The second-order valence-electron chi connectivity index (χ2n) is 5.10. The molecule has 0 bridgehead atoms. The van der Waals surface area contributed by atoms with Gasteiger partial charge >= 0.3 is 0 Å². The van der Waals surface area contributed by atoms with E-state index in [9.17, 15) is 9.50 Å². The molecule has 0 aromatic heterocycles. The minimum absolute atomic E-state index is 0.129. The van der Waals surface area contributed by atoms with Crippen molar-refractivity contribution in [1.29, 1.82) is 0 Å². The van der Waals surface area contributed by atoms with Crippen LogP contribution in [0.2, 0.25) is 5.02 Å². The number of phenols is 1. The molecule has 0 aliphatic heterocycles. The smallest absolute Gasteiger partial charge is 0.143 e. The van der Waals surface area contributed by atoms with Crippen molar-refractivity contribution in [2.45, 2.75) is 25.3 Å². The molecule has 104 valence electrons. The Labute approximate surface area is 122 Å². The van der Waals surface area contributed by atoms with Gasteiger partial charge in [-0.25, -0.2) is 4.39 Å². The molecule has 20 heavy (non-hydrogen) atoms. The number of aromatic hydroxyl groups is 1. The molecule has 0 saturated carbocycles. The number of phenolic OH excluding ortho intramolecular Hbond substituents is 1. The third-order valence-electron chi connectivity index (χ3n) is 3.70. The van der Waals surface area contributed by atoms with Crippen molar-refractivity contribution in [3.63, 3.8) is 0 Å². The van der Waals surface area contributed by atoms with Crippen molar-refractivity contribution < 1.29 is 9.50 Å². The molecule has 0 amide bonds. The van der Waals surface area contributed by atoms with Gasteiger partial charge in [0, 0.05) is 5.69 Å². The van der Waals surface area contributed by atoms with E-state index in [1.807, 2.05) is 12.1 Å². The minimum atomic E-state index is -0.418. The first-order valence-corrected chi connectivity index (χ1v) is 7.04. The predicted molar refractivity (Wildman–Crippen MR) is 78.8 cm³/mol. The van der Waals surface area contributed by atoms with Crippen molar-refractivity contribution in [2.24, 2.45) is 0 Å². The van der Waals surface area contributed by atoms with Gasteiger partial charge in [0.15, 0.2) is 0 Å². The number of hydrogen-bond acceptors (Lipinski definition) is 2. The molecule has 0 spiro atoms. The number of nitrogens with one attached hydrogen (secondary N) is 1. The number of hydrogen-bond donors (Lipinski definition) is 2. The van der Waals surface area contributed by atoms with Gasteiger partial charge in [-0.1, -0.05) is 17.7 Å². The van der Waals surface area contributed by atoms with Gasteiger partial charge in [-0.15, -0.1) is 0 Å². The highest BCUT2D eigenvalue weighted by Crippen LogP contribution is 2.34. The predicted octanol–water partition coefficient (Wildman–Crippen LogP) is 4.67. The molecule has 2 N–H and O–H groups in total. The van der Waals surface area contributed by atoms with E-state index >= 15 is 0 Å². The van der Waals surface area contributed by atoms with E-state index in [-0.39, 0.29) is 11.1 Å². The normalized spacial score (nSPS) is 17.6. The number of aryl methyl sites for hydroxylation is 1. The van der Waals surface area contributed by atoms with Crippen molar-refractivity contribution in [3.05, 3.63) is 58.4 Å². The SMILES string of the molecule is Oc1ccc2c(c1)CCCC2Nc1ccc(Cl)c(F)c1. The van der Waals surface area contributed by atoms with E-state index in [0.717, 1.165) is 30.5 Å². The third kappa shape index (κ3) is 2.59. The summed E-state index contributed by atoms with van der Waals surface area (Å²) in [4.78, 5) is 0. The number of benzene rings is 2. The van der Waals surface area contributed by atoms with Crippen molar-refractivity contribution in [3.8, 4) is 5.75 Å². The molecule has 1 atom stereocenters. The summed E-state index contributed by atoms with van der Waals surface area (Å²) in [5.74, 6) is -0.125. The summed E-state index contributed by atoms with van der Waals surface area (Å²) in [5.41, 5.74) is 3.05. The van der Waals surface area contributed by atoms with E-state index in [4.69, 9.17) is 11.6 Å². The van der Waals surface area contributed by atoms with E-state index in [1.165, 1.54) is 11.6 Å². The van der Waals surface area contributed by atoms with Gasteiger partial charge in [0.05, 0.1) is 11.1 Å². The number of anilines is 1. The Hall–Kier alpha value is -1.74. The summed E-state index contributed by atoms with van der Waals surface area (Å²) in [7, 11) is 0. The lowest BCUT2D eigenvalue weighted by molar-refractivity contribution is 0.472. The van der Waals surface area contributed by atoms with Crippen LogP contribution in [0.5, 0.6) is 5.75 Å². The average Bonchev–Trinajstić information content (AvgIpc) is 2.43. The van der Waals surface area contributed by atoms with Gasteiger partial charge in [-0.3, -0.25) is 0 Å². The quantitative estimate of drug-likeness (QED) is 0.842. The number of rotatable bonds is 2. The molecule has 1 aliphatic rings. The Kier molecular flexibility index (Phi) is 3.53. The number of halogens is 2. The van der Waals surface area contributed by atoms with Crippen LogP contribution in [0, 0.1) is 5.82 Å². The summed E-state index contributed by atoms with van der Waals surface area (Å²) >= 11 is 5.69. The maximum absolute atomic E-state index is 13.5. The summed E-state index contributed by atoms with van der Waals surface area (Å²) in [6.45, 7) is 0. The Morgan fingerprint density at radius 1 is 1.20 bits per heavy atom. The largest absolute Gasteiger partial charge is 0.508 e. The Bertz CT molecular complexity index is 644. The maximum atomic E-state index is 13.5. The summed E-state index contributed by atoms with van der Waals surface area (Å²) in [5, 5.41) is 13.0. The van der Waals surface area contributed by atoms with Crippen LogP contribution in [0.25, 0.3) is 0 Å². The molecule has 1 aliphatic carbocycles. The molecule has 3 rings (SSSR count). The third-order valence-corrected chi connectivity index (χ3v) is 4.01. The molecule has 2 aromatic carbocycles. The van der Waals surface area contributed by atoms with E-state index in [1.54, 1.807) is 18.2 Å². The van der Waals surface area contributed by atoms with Gasteiger partial charge < -0.3 is 10.4 Å². The zero-order valence-electron chi connectivity index (χ0n) is 10.9. The van der Waals surface area contributed by atoms with Crippen molar-refractivity contribution in [1.82, 2.24) is 0 Å². The molecule has 0 saturated heterocycles. The van der Waals surface area contributed by atoms with Crippen LogP contribution in [0.3, 0.4) is 0 Å². The first kappa shape index (κ1) is 13.3. The van der Waals surface area contributed by atoms with Gasteiger partial charge in [0.2, 0.25) is 0 Å². The Morgan fingerprint density at radius 3 is 2.85 bits per heavy atom. The molecule has 1 unspecified atom stereocenters. The molecule has 0 heterocycles. The Balaban J connectivity index is 1.87. The molecule has 0 radical (unpaired) electrons. The van der Waals surface area contributed by atoms with Crippen LogP contribution in [0.4, 0.5) is 10.1 Å². The van der Waals surface area contributed by atoms with E-state index in [0.29, 0.717) is 5.75 Å². The monoisotopic (exact) mass is 291 g/mol. The summed E-state index contributed by atoms with van der Waals surface area (Å²) in [6.07, 6.45) is 3.00. The first-order chi connectivity index (χ1) is 9.63. The average molecular weight is 292 g/mol. The van der Waals surface area contributed by atoms with E-state index < -0.39 is 5.82 Å². The lowest BCUT2D eigenvalue weighted by atomic mass is 9.87. The van der Waals surface area contributed by atoms with Gasteiger partial charge in [0.25, 0.3) is 0 Å². The Morgan fingerprint density at radius 2 is 2.05 bits per heavy atom. The molecule has 2 aromatic rings. The van der Waals surface area contributed by atoms with Crippen molar-refractivity contribution >= 4 is 17.3 Å². The maximum Gasteiger partial charge on any atom is 0.143 e. The van der Waals surface area contributed by atoms with Crippen LogP contribution in [0.15, 0.2) is 36.4 Å². The van der Waals surface area contributed by atoms with Crippen LogP contribution in [0.1, 0.15) is 30.0 Å². The van der Waals surface area contributed by atoms with Crippen LogP contribution < -0.4 is 5.32 Å². The van der Waals surface area contributed by atoms with Crippen molar-refractivity contribution in [2.75, 3.05) is 5.32 Å². The fraction of sp³-hybridized carbons (Fsp3) is 0.250. The highest BCUT2D eigenvalue weighted by Gasteiger charge is 2.20. The first-order valence-electron chi connectivity index (χ1n) is 6.67. The fourth-order valence-electron chi connectivity index (χ4n) is 2.74. The van der Waals surface area contributed by atoms with Crippen LogP contribution in [-0.2, 0) is 6.42 Å². The lowest BCUT2D eigenvalue weighted by Crippen LogP contribution is -2.17. The molecule has 0 fully saturated rings. The second kappa shape index (κ2) is 5.33. The van der Waals surface area contributed by atoms with E-state index in [2.05, 4.69) is 5.32 Å². The highest BCUT2D eigenvalue weighted by molar-refractivity contribution is 6.30. The second-order valence-corrected chi connectivity index (χ2v) is 5.51. The minimum Gasteiger partial charge on any atom is -0.508 e. The topological polar surface area (TPSA) is 32.3 Å². The number of fused-ring (bicyclic) bond motifs is 1. The van der Waals surface area contributed by atoms with Gasteiger partial charge in [0.1, 0.15) is 11.6 Å². The standard InChI is InChI=1S/C16H15ClFNO/c17-14-7-4-11(9-15(14)18)19-16-3-1-2-10-8-12(20)5-6-13(10)16/h4-9,16,19-20H,1-3H2. The molecular formula is C16H15ClFNO. The zero-order valence-corrected chi connectivity index (χ0v) is 11.6.